The monoisotopic (exact) mass is 386 g/mol. The van der Waals surface area contributed by atoms with Gasteiger partial charge in [0.05, 0.1) is 21.7 Å². The summed E-state index contributed by atoms with van der Waals surface area (Å²) in [4.78, 5) is 22.5. The maximum atomic E-state index is 12.8. The molecule has 1 saturated heterocycles. The fraction of sp³-hybridized carbons (Fsp3) is 0.333. The van der Waals surface area contributed by atoms with Gasteiger partial charge in [-0.25, -0.2) is 4.98 Å². The number of imidazole rings is 1. The molecule has 24 heavy (non-hydrogen) atoms. The number of nitrogens with zero attached hydrogens (tertiary/aromatic N) is 3. The van der Waals surface area contributed by atoms with Crippen molar-refractivity contribution in [2.45, 2.75) is 25.7 Å². The lowest BCUT2D eigenvalue weighted by molar-refractivity contribution is 0.0711. The van der Waals surface area contributed by atoms with Crippen molar-refractivity contribution in [3.8, 4) is 0 Å². The standard InChI is InChI=1S/C18H19BrN4O/c1-12-11-20-17(21-12)14-4-7-22(8-5-14)18(24)15-3-2-13-6-9-23(19)16(13)10-15/h2-3,6,9-11,14H,4-5,7-8H2,1H3,(H,20,21). The van der Waals surface area contributed by atoms with E-state index < -0.39 is 0 Å². The third-order valence-electron chi connectivity index (χ3n) is 4.78. The molecule has 2 aromatic heterocycles. The van der Waals surface area contributed by atoms with Crippen LogP contribution in [0.5, 0.6) is 0 Å². The average Bonchev–Trinajstić information content (AvgIpc) is 3.20. The molecule has 6 heteroatoms. The quantitative estimate of drug-likeness (QED) is 0.726. The van der Waals surface area contributed by atoms with Gasteiger partial charge in [0, 0.05) is 48.0 Å². The first-order valence-corrected chi connectivity index (χ1v) is 8.91. The van der Waals surface area contributed by atoms with Crippen molar-refractivity contribution in [3.05, 3.63) is 53.7 Å². The largest absolute Gasteiger partial charge is 0.346 e. The van der Waals surface area contributed by atoms with E-state index in [4.69, 9.17) is 0 Å². The first-order valence-electron chi connectivity index (χ1n) is 8.20. The van der Waals surface area contributed by atoms with Gasteiger partial charge in [0.1, 0.15) is 5.82 Å². The molecule has 1 aliphatic rings. The zero-order valence-corrected chi connectivity index (χ0v) is 15.1. The maximum Gasteiger partial charge on any atom is 0.253 e. The van der Waals surface area contributed by atoms with Gasteiger partial charge in [-0.1, -0.05) is 6.07 Å². The van der Waals surface area contributed by atoms with Crippen LogP contribution in [-0.2, 0) is 0 Å². The number of carbonyl (C=O) groups excluding carboxylic acids is 1. The molecule has 3 aromatic rings. The molecule has 3 heterocycles. The number of hydrogen-bond donors (Lipinski definition) is 1. The Labute approximate surface area is 149 Å². The van der Waals surface area contributed by atoms with E-state index in [1.165, 1.54) is 0 Å². The molecule has 0 saturated carbocycles. The van der Waals surface area contributed by atoms with Crippen molar-refractivity contribution in [3.63, 3.8) is 0 Å². The molecule has 0 unspecified atom stereocenters. The van der Waals surface area contributed by atoms with E-state index in [0.29, 0.717) is 5.92 Å². The van der Waals surface area contributed by atoms with Crippen LogP contribution in [-0.4, -0.2) is 37.5 Å². The second kappa shape index (κ2) is 6.09. The Bertz CT molecular complexity index is 889. The van der Waals surface area contributed by atoms with Crippen molar-refractivity contribution in [2.75, 3.05) is 13.1 Å². The number of amides is 1. The van der Waals surface area contributed by atoms with Crippen molar-refractivity contribution in [1.29, 1.82) is 0 Å². The van der Waals surface area contributed by atoms with Crippen molar-refractivity contribution in [1.82, 2.24) is 18.5 Å². The third kappa shape index (κ3) is 2.75. The number of halogens is 1. The van der Waals surface area contributed by atoms with E-state index in [-0.39, 0.29) is 5.91 Å². The first kappa shape index (κ1) is 15.4. The van der Waals surface area contributed by atoms with Crippen LogP contribution in [0.25, 0.3) is 10.9 Å². The molecule has 0 aliphatic carbocycles. The number of piperidine rings is 1. The number of H-pyrrole nitrogens is 1. The van der Waals surface area contributed by atoms with Crippen molar-refractivity contribution < 1.29 is 4.79 Å². The van der Waals surface area contributed by atoms with Gasteiger partial charge < -0.3 is 9.88 Å². The van der Waals surface area contributed by atoms with E-state index in [1.807, 2.05) is 52.1 Å². The minimum atomic E-state index is 0.111. The predicted molar refractivity (Wildman–Crippen MR) is 97.5 cm³/mol. The Kier molecular flexibility index (Phi) is 3.92. The number of aryl methyl sites for hydroxylation is 1. The molecule has 0 atom stereocenters. The average molecular weight is 387 g/mol. The Morgan fingerprint density at radius 1 is 1.29 bits per heavy atom. The molecule has 0 spiro atoms. The van der Waals surface area contributed by atoms with Gasteiger partial charge in [0.2, 0.25) is 0 Å². The first-order chi connectivity index (χ1) is 11.6. The van der Waals surface area contributed by atoms with Crippen LogP contribution in [0, 0.1) is 6.92 Å². The fourth-order valence-corrected chi connectivity index (χ4v) is 3.83. The molecule has 1 aromatic carbocycles. The van der Waals surface area contributed by atoms with E-state index >= 15 is 0 Å². The lowest BCUT2D eigenvalue weighted by Crippen LogP contribution is -2.38. The number of carbonyl (C=O) groups is 1. The number of rotatable bonds is 2. The minimum Gasteiger partial charge on any atom is -0.346 e. The van der Waals surface area contributed by atoms with E-state index in [9.17, 15) is 4.79 Å². The lowest BCUT2D eigenvalue weighted by atomic mass is 9.95. The summed E-state index contributed by atoms with van der Waals surface area (Å²) >= 11 is 3.46. The molecule has 0 bridgehead atoms. The van der Waals surface area contributed by atoms with Crippen LogP contribution in [0.15, 0.2) is 36.7 Å². The van der Waals surface area contributed by atoms with Gasteiger partial charge in [-0.3, -0.25) is 8.39 Å². The highest BCUT2D eigenvalue weighted by molar-refractivity contribution is 9.08. The van der Waals surface area contributed by atoms with E-state index in [1.54, 1.807) is 0 Å². The van der Waals surface area contributed by atoms with Crippen LogP contribution in [0.2, 0.25) is 0 Å². The number of nitrogens with one attached hydrogen (secondary N) is 1. The van der Waals surface area contributed by atoms with E-state index in [0.717, 1.165) is 53.9 Å². The Morgan fingerprint density at radius 3 is 2.79 bits per heavy atom. The smallest absolute Gasteiger partial charge is 0.253 e. The van der Waals surface area contributed by atoms with Gasteiger partial charge in [-0.15, -0.1) is 0 Å². The van der Waals surface area contributed by atoms with Gasteiger partial charge >= 0.3 is 0 Å². The number of benzene rings is 1. The van der Waals surface area contributed by atoms with Gasteiger partial charge in [-0.05, 0) is 38.0 Å². The number of fused-ring (bicyclic) bond motifs is 1. The molecule has 5 nitrogen and oxygen atoms in total. The summed E-state index contributed by atoms with van der Waals surface area (Å²) in [6, 6.07) is 7.89. The zero-order chi connectivity index (χ0) is 16.7. The zero-order valence-electron chi connectivity index (χ0n) is 13.5. The SMILES string of the molecule is Cc1cnc(C2CCN(C(=O)c3ccc4ccn(Br)c4c3)CC2)[nH]1. The van der Waals surface area contributed by atoms with Crippen LogP contribution < -0.4 is 0 Å². The highest BCUT2D eigenvalue weighted by Gasteiger charge is 2.26. The van der Waals surface area contributed by atoms with Crippen molar-refractivity contribution >= 4 is 33.0 Å². The Morgan fingerprint density at radius 2 is 2.08 bits per heavy atom. The summed E-state index contributed by atoms with van der Waals surface area (Å²) < 4.78 is 1.87. The molecule has 1 aliphatic heterocycles. The highest BCUT2D eigenvalue weighted by Crippen LogP contribution is 2.27. The van der Waals surface area contributed by atoms with E-state index in [2.05, 4.69) is 26.1 Å². The predicted octanol–water partition coefficient (Wildman–Crippen LogP) is 3.85. The lowest BCUT2D eigenvalue weighted by Gasteiger charge is -2.31. The van der Waals surface area contributed by atoms with Crippen LogP contribution >= 0.6 is 16.1 Å². The topological polar surface area (TPSA) is 53.9 Å². The second-order valence-corrected chi connectivity index (χ2v) is 7.18. The van der Waals surface area contributed by atoms with Crippen LogP contribution in [0.1, 0.15) is 40.6 Å². The molecular formula is C18H19BrN4O. The van der Waals surface area contributed by atoms with Gasteiger partial charge in [0.25, 0.3) is 5.91 Å². The molecule has 124 valence electrons. The number of likely N-dealkylation sites (tertiary alicyclic amines) is 1. The summed E-state index contributed by atoms with van der Waals surface area (Å²) in [5, 5.41) is 1.12. The summed E-state index contributed by atoms with van der Waals surface area (Å²) in [5.41, 5.74) is 2.85. The molecule has 4 rings (SSSR count). The Hall–Kier alpha value is -2.08. The van der Waals surface area contributed by atoms with Gasteiger partial charge in [-0.2, -0.15) is 0 Å². The molecule has 0 radical (unpaired) electrons. The summed E-state index contributed by atoms with van der Waals surface area (Å²) in [6.07, 6.45) is 5.72. The summed E-state index contributed by atoms with van der Waals surface area (Å²) in [5.74, 6) is 1.59. The molecule has 1 fully saturated rings. The molecular weight excluding hydrogens is 368 g/mol. The summed E-state index contributed by atoms with van der Waals surface area (Å²) in [7, 11) is 0. The number of hydrogen-bond acceptors (Lipinski definition) is 2. The summed E-state index contributed by atoms with van der Waals surface area (Å²) in [6.45, 7) is 3.57. The van der Waals surface area contributed by atoms with Crippen LogP contribution in [0.3, 0.4) is 0 Å². The second-order valence-electron chi connectivity index (χ2n) is 6.42. The number of aromatic amines is 1. The fourth-order valence-electron chi connectivity index (χ4n) is 3.41. The molecule has 1 amide bonds. The third-order valence-corrected chi connectivity index (χ3v) is 5.40. The molecule has 1 N–H and O–H groups in total. The normalized spacial score (nSPS) is 16.0. The van der Waals surface area contributed by atoms with Crippen LogP contribution in [0.4, 0.5) is 0 Å². The highest BCUT2D eigenvalue weighted by atomic mass is 79.9. The Balaban J connectivity index is 1.48. The van der Waals surface area contributed by atoms with Gasteiger partial charge in [0.15, 0.2) is 0 Å². The maximum absolute atomic E-state index is 12.8. The number of aromatic nitrogens is 3. The van der Waals surface area contributed by atoms with Crippen molar-refractivity contribution in [2.24, 2.45) is 0 Å². The minimum absolute atomic E-state index is 0.111.